The number of aliphatic hydroxyl groups is 4. The number of ketones is 1. The first-order valence-electron chi connectivity index (χ1n) is 18.1. The number of hydrogen-bond donors (Lipinski definition) is 4. The molecule has 0 amide bonds. The maximum atomic E-state index is 14.0. The lowest BCUT2D eigenvalue weighted by Gasteiger charge is -2.48. The summed E-state index contributed by atoms with van der Waals surface area (Å²) in [6.07, 6.45) is -8.29. The number of carbonyl (C=O) groups is 2. The SMILES string of the molecule is CCC1OC(=O)[C@H](C)C(O[C@H]2C[C@@H](OC)[C@@H](O)[C@H](C)O2)[C@H](C)[C@@H](O[C@@H]2O[C@H](C)C[C@H](N(C)C)[C@H]2O)[C@](C)(O)C[C@@H](C)C(=O)[C@H](C)[C@@H](O)[C@H]1C. The summed E-state index contributed by atoms with van der Waals surface area (Å²) in [4.78, 5) is 29.6. The molecule has 0 saturated carbocycles. The normalized spacial score (nSPS) is 48.2. The van der Waals surface area contributed by atoms with Crippen LogP contribution < -0.4 is 0 Å². The summed E-state index contributed by atoms with van der Waals surface area (Å²) in [5, 5.41) is 45.7. The number of ether oxygens (including phenoxy) is 6. The van der Waals surface area contributed by atoms with Crippen molar-refractivity contribution in [3.05, 3.63) is 0 Å². The maximum absolute atomic E-state index is 14.0. The van der Waals surface area contributed by atoms with E-state index in [0.29, 0.717) is 12.8 Å². The lowest BCUT2D eigenvalue weighted by Crippen LogP contribution is -2.60. The van der Waals surface area contributed by atoms with Gasteiger partial charge in [-0.05, 0) is 61.1 Å². The molecular formula is C36H65NO12. The van der Waals surface area contributed by atoms with Crippen LogP contribution in [0.25, 0.3) is 0 Å². The maximum Gasteiger partial charge on any atom is 0.311 e. The summed E-state index contributed by atoms with van der Waals surface area (Å²) in [5.41, 5.74) is -1.71. The molecule has 3 fully saturated rings. The zero-order valence-corrected chi connectivity index (χ0v) is 31.6. The van der Waals surface area contributed by atoms with Crippen LogP contribution in [-0.4, -0.2) is 137 Å². The molecule has 2 unspecified atom stereocenters. The number of aliphatic hydroxyl groups excluding tert-OH is 3. The fourth-order valence-electron chi connectivity index (χ4n) is 8.09. The highest BCUT2D eigenvalue weighted by atomic mass is 16.7. The molecule has 13 heteroatoms. The monoisotopic (exact) mass is 703 g/mol. The number of carbonyl (C=O) groups excluding carboxylic acids is 2. The number of nitrogens with zero attached hydrogens (tertiary/aromatic N) is 1. The molecular weight excluding hydrogens is 638 g/mol. The standard InChI is InChI=1S/C36H65NO12/c1-13-25-19(4)29(39)20(5)28(38)17(2)16-36(9,43)33(49-35-31(41)24(37(10)11)14-18(3)45-35)21(6)32(22(7)34(42)47-25)48-27-15-26(44-12)30(40)23(8)46-27/h17-27,29-33,35,39-41,43H,13-16H2,1-12H3/t17-,18-,19+,20+,21+,22-,23+,24+,25?,26-,27+,29+,30+,31-,32?,33-,35+,36-/m1/s1. The summed E-state index contributed by atoms with van der Waals surface area (Å²) in [7, 11) is 5.22. The van der Waals surface area contributed by atoms with Crippen molar-refractivity contribution in [1.82, 2.24) is 4.90 Å². The molecule has 0 spiro atoms. The van der Waals surface area contributed by atoms with E-state index >= 15 is 0 Å². The molecule has 0 radical (unpaired) electrons. The summed E-state index contributed by atoms with van der Waals surface area (Å²) >= 11 is 0. The quantitative estimate of drug-likeness (QED) is 0.285. The van der Waals surface area contributed by atoms with E-state index in [4.69, 9.17) is 28.4 Å². The molecule has 286 valence electrons. The third kappa shape index (κ3) is 9.79. The van der Waals surface area contributed by atoms with Crippen molar-refractivity contribution >= 4 is 11.8 Å². The Hall–Kier alpha value is -1.26. The van der Waals surface area contributed by atoms with Gasteiger partial charge in [0.1, 0.15) is 24.1 Å². The highest BCUT2D eigenvalue weighted by Crippen LogP contribution is 2.39. The van der Waals surface area contributed by atoms with Crippen molar-refractivity contribution < 1.29 is 58.4 Å². The first kappa shape index (κ1) is 42.2. The number of rotatable bonds is 7. The van der Waals surface area contributed by atoms with E-state index in [1.807, 2.05) is 32.8 Å². The van der Waals surface area contributed by atoms with Gasteiger partial charge in [0, 0.05) is 43.2 Å². The number of methoxy groups -OCH3 is 1. The molecule has 49 heavy (non-hydrogen) atoms. The number of Topliss-reactive ketones (excluding diaryl/α,β-unsaturated/α-hetero) is 1. The number of cyclic esters (lactones) is 1. The highest BCUT2D eigenvalue weighted by molar-refractivity contribution is 5.83. The van der Waals surface area contributed by atoms with Gasteiger partial charge in [0.25, 0.3) is 0 Å². The van der Waals surface area contributed by atoms with Gasteiger partial charge >= 0.3 is 5.97 Å². The van der Waals surface area contributed by atoms with Gasteiger partial charge in [0.2, 0.25) is 0 Å². The van der Waals surface area contributed by atoms with Crippen molar-refractivity contribution in [2.45, 2.75) is 167 Å². The summed E-state index contributed by atoms with van der Waals surface area (Å²) < 4.78 is 36.9. The third-order valence-electron chi connectivity index (χ3n) is 11.3. The minimum atomic E-state index is -1.71. The molecule has 13 nitrogen and oxygen atoms in total. The van der Waals surface area contributed by atoms with Gasteiger partial charge in [0.15, 0.2) is 12.6 Å². The average Bonchev–Trinajstić information content (AvgIpc) is 3.04. The van der Waals surface area contributed by atoms with E-state index < -0.39 is 103 Å². The average molecular weight is 704 g/mol. The summed E-state index contributed by atoms with van der Waals surface area (Å²) in [6, 6.07) is -0.293. The van der Waals surface area contributed by atoms with Gasteiger partial charge in [0.05, 0.1) is 48.1 Å². The Balaban J connectivity index is 2.13. The molecule has 18 atom stereocenters. The van der Waals surface area contributed by atoms with Crippen LogP contribution in [0, 0.1) is 29.6 Å². The molecule has 0 aromatic heterocycles. The summed E-state index contributed by atoms with van der Waals surface area (Å²) in [6.45, 7) is 15.6. The molecule has 3 aliphatic rings. The smallest absolute Gasteiger partial charge is 0.311 e. The lowest BCUT2D eigenvalue weighted by molar-refractivity contribution is -0.311. The van der Waals surface area contributed by atoms with E-state index in [1.165, 1.54) is 7.11 Å². The van der Waals surface area contributed by atoms with E-state index in [2.05, 4.69) is 0 Å². The van der Waals surface area contributed by atoms with E-state index in [0.717, 1.165) is 0 Å². The Kier molecular flexibility index (Phi) is 15.1. The molecule has 3 saturated heterocycles. The van der Waals surface area contributed by atoms with Gasteiger partial charge in [-0.25, -0.2) is 0 Å². The van der Waals surface area contributed by atoms with Gasteiger partial charge in [-0.3, -0.25) is 9.59 Å². The number of likely N-dealkylation sites (N-methyl/N-ethyl adjacent to an activating group) is 1. The van der Waals surface area contributed by atoms with Crippen molar-refractivity contribution in [2.75, 3.05) is 21.2 Å². The fraction of sp³-hybridized carbons (Fsp3) is 0.944. The Morgan fingerprint density at radius 1 is 0.878 bits per heavy atom. The molecule has 3 heterocycles. The van der Waals surface area contributed by atoms with Gasteiger partial charge in [-0.15, -0.1) is 0 Å². The predicted molar refractivity (Wildman–Crippen MR) is 180 cm³/mol. The Morgan fingerprint density at radius 3 is 2.08 bits per heavy atom. The molecule has 4 N–H and O–H groups in total. The molecule has 0 aromatic rings. The number of hydrogen-bond acceptors (Lipinski definition) is 13. The molecule has 0 aliphatic carbocycles. The second kappa shape index (κ2) is 17.5. The van der Waals surface area contributed by atoms with Crippen molar-refractivity contribution in [3.63, 3.8) is 0 Å². The first-order chi connectivity index (χ1) is 22.7. The molecule has 3 rings (SSSR count). The van der Waals surface area contributed by atoms with Gasteiger partial charge in [-0.2, -0.15) is 0 Å². The van der Waals surface area contributed by atoms with Crippen LogP contribution in [0.5, 0.6) is 0 Å². The third-order valence-corrected chi connectivity index (χ3v) is 11.3. The van der Waals surface area contributed by atoms with Crippen LogP contribution in [0.3, 0.4) is 0 Å². The van der Waals surface area contributed by atoms with Crippen LogP contribution >= 0.6 is 0 Å². The molecule has 3 aliphatic heterocycles. The van der Waals surface area contributed by atoms with Crippen LogP contribution in [0.1, 0.15) is 88.0 Å². The fourth-order valence-corrected chi connectivity index (χ4v) is 8.09. The lowest BCUT2D eigenvalue weighted by atomic mass is 9.74. The van der Waals surface area contributed by atoms with E-state index in [1.54, 1.807) is 48.5 Å². The topological polar surface area (TPSA) is 174 Å². The number of esters is 1. The Morgan fingerprint density at radius 2 is 1.51 bits per heavy atom. The second-order valence-electron chi connectivity index (χ2n) is 15.5. The minimum Gasteiger partial charge on any atom is -0.462 e. The van der Waals surface area contributed by atoms with E-state index in [-0.39, 0.29) is 30.8 Å². The Labute approximate surface area is 292 Å². The van der Waals surface area contributed by atoms with Crippen molar-refractivity contribution in [2.24, 2.45) is 29.6 Å². The van der Waals surface area contributed by atoms with Crippen LogP contribution in [0.15, 0.2) is 0 Å². The first-order valence-corrected chi connectivity index (χ1v) is 18.1. The second-order valence-corrected chi connectivity index (χ2v) is 15.5. The highest BCUT2D eigenvalue weighted by Gasteiger charge is 2.51. The largest absolute Gasteiger partial charge is 0.462 e. The zero-order chi connectivity index (χ0) is 37.1. The van der Waals surface area contributed by atoms with Crippen LogP contribution in [-0.2, 0) is 38.0 Å². The minimum absolute atomic E-state index is 0.0422. The predicted octanol–water partition coefficient (Wildman–Crippen LogP) is 2.28. The zero-order valence-electron chi connectivity index (χ0n) is 31.6. The summed E-state index contributed by atoms with van der Waals surface area (Å²) in [5.74, 6) is -4.55. The molecule has 0 bridgehead atoms. The van der Waals surface area contributed by atoms with E-state index in [9.17, 15) is 30.0 Å². The van der Waals surface area contributed by atoms with Crippen molar-refractivity contribution in [3.8, 4) is 0 Å². The van der Waals surface area contributed by atoms with Crippen LogP contribution in [0.4, 0.5) is 0 Å². The molecule has 0 aromatic carbocycles. The van der Waals surface area contributed by atoms with Crippen LogP contribution in [0.2, 0.25) is 0 Å². The van der Waals surface area contributed by atoms with Gasteiger partial charge < -0.3 is 53.7 Å². The van der Waals surface area contributed by atoms with Gasteiger partial charge in [-0.1, -0.05) is 34.6 Å². The van der Waals surface area contributed by atoms with Crippen molar-refractivity contribution in [1.29, 1.82) is 0 Å². The Bertz CT molecular complexity index is 1070.